The van der Waals surface area contributed by atoms with E-state index in [2.05, 4.69) is 26.2 Å². The van der Waals surface area contributed by atoms with Crippen molar-refractivity contribution < 1.29 is 4.79 Å². The number of carbonyl (C=O) groups is 1. The monoisotopic (exact) mass is 311 g/mol. The number of halogens is 1. The summed E-state index contributed by atoms with van der Waals surface area (Å²) >= 11 is 4.62. The van der Waals surface area contributed by atoms with Gasteiger partial charge in [-0.1, -0.05) is 0 Å². The topological polar surface area (TPSA) is 68.0 Å². The van der Waals surface area contributed by atoms with Crippen molar-refractivity contribution >= 4 is 44.5 Å². The van der Waals surface area contributed by atoms with Crippen LogP contribution < -0.4 is 11.1 Å². The summed E-state index contributed by atoms with van der Waals surface area (Å²) in [6.45, 7) is 1.91. The number of pyridine rings is 1. The number of aryl methyl sites for hydroxylation is 1. The number of hydrogen-bond donors (Lipinski definition) is 2. The molecule has 17 heavy (non-hydrogen) atoms. The highest BCUT2D eigenvalue weighted by Crippen LogP contribution is 2.21. The van der Waals surface area contributed by atoms with Crippen LogP contribution >= 0.6 is 27.3 Å². The maximum absolute atomic E-state index is 11.9. The number of amides is 1. The number of nitrogen functional groups attached to an aromatic ring is 1. The van der Waals surface area contributed by atoms with Crippen molar-refractivity contribution in [3.8, 4) is 0 Å². The summed E-state index contributed by atoms with van der Waals surface area (Å²) in [7, 11) is 0. The lowest BCUT2D eigenvalue weighted by atomic mass is 10.3. The first-order chi connectivity index (χ1) is 8.08. The van der Waals surface area contributed by atoms with Crippen LogP contribution in [0.2, 0.25) is 0 Å². The zero-order chi connectivity index (χ0) is 12.4. The number of anilines is 2. The molecule has 2 heterocycles. The maximum atomic E-state index is 11.9. The second-order valence-corrected chi connectivity index (χ2v) is 5.16. The predicted octanol–water partition coefficient (Wildman–Crippen LogP) is 3.05. The van der Waals surface area contributed by atoms with Crippen molar-refractivity contribution in [1.82, 2.24) is 4.98 Å². The van der Waals surface area contributed by atoms with E-state index in [1.54, 1.807) is 17.6 Å². The van der Waals surface area contributed by atoms with E-state index in [1.807, 2.05) is 13.0 Å². The van der Waals surface area contributed by atoms with E-state index in [-0.39, 0.29) is 5.91 Å². The Labute approximate surface area is 111 Å². The van der Waals surface area contributed by atoms with Crippen LogP contribution in [0.25, 0.3) is 0 Å². The lowest BCUT2D eigenvalue weighted by molar-refractivity contribution is 0.103. The van der Waals surface area contributed by atoms with Crippen molar-refractivity contribution in [2.24, 2.45) is 0 Å². The average molecular weight is 312 g/mol. The minimum Gasteiger partial charge on any atom is -0.397 e. The van der Waals surface area contributed by atoms with Crippen LogP contribution in [0.15, 0.2) is 28.3 Å². The molecule has 0 unspecified atom stereocenters. The molecule has 0 spiro atoms. The molecule has 0 aliphatic rings. The number of thiophene rings is 1. The van der Waals surface area contributed by atoms with Crippen LogP contribution in [0.3, 0.4) is 0 Å². The van der Waals surface area contributed by atoms with E-state index in [4.69, 9.17) is 5.73 Å². The molecule has 0 aliphatic heterocycles. The van der Waals surface area contributed by atoms with E-state index in [0.29, 0.717) is 16.3 Å². The number of nitrogens with one attached hydrogen (secondary N) is 1. The van der Waals surface area contributed by atoms with Crippen LogP contribution in [-0.2, 0) is 0 Å². The lowest BCUT2D eigenvalue weighted by Gasteiger charge is -2.05. The van der Waals surface area contributed by atoms with Gasteiger partial charge in [-0.15, -0.1) is 11.3 Å². The molecule has 6 heteroatoms. The van der Waals surface area contributed by atoms with Gasteiger partial charge in [0.05, 0.1) is 17.6 Å². The minimum absolute atomic E-state index is 0.207. The van der Waals surface area contributed by atoms with Crippen LogP contribution in [-0.4, -0.2) is 10.9 Å². The molecule has 1 amide bonds. The molecule has 0 saturated carbocycles. The van der Waals surface area contributed by atoms with Gasteiger partial charge in [-0.25, -0.2) is 4.98 Å². The number of hydrogen-bond acceptors (Lipinski definition) is 4. The smallest absolute Gasteiger partial charge is 0.267 e. The number of nitrogens with two attached hydrogens (primary N) is 1. The largest absolute Gasteiger partial charge is 0.397 e. The van der Waals surface area contributed by atoms with Gasteiger partial charge in [0, 0.05) is 0 Å². The summed E-state index contributed by atoms with van der Waals surface area (Å²) in [6.07, 6.45) is 1.60. The third-order valence-electron chi connectivity index (χ3n) is 2.17. The van der Waals surface area contributed by atoms with Gasteiger partial charge in [-0.05, 0) is 45.9 Å². The van der Waals surface area contributed by atoms with Crippen LogP contribution in [0, 0.1) is 6.92 Å². The van der Waals surface area contributed by atoms with Crippen LogP contribution in [0.4, 0.5) is 11.4 Å². The predicted molar refractivity (Wildman–Crippen MR) is 73.4 cm³/mol. The zero-order valence-corrected chi connectivity index (χ0v) is 11.4. The maximum Gasteiger partial charge on any atom is 0.267 e. The third kappa shape index (κ3) is 2.65. The first-order valence-electron chi connectivity index (χ1n) is 4.84. The molecule has 0 aromatic carbocycles. The third-order valence-corrected chi connectivity index (χ3v) is 3.93. The molecule has 0 fully saturated rings. The molecule has 2 rings (SSSR count). The van der Waals surface area contributed by atoms with E-state index in [0.717, 1.165) is 10.2 Å². The highest BCUT2D eigenvalue weighted by Gasteiger charge is 2.11. The molecule has 4 nitrogen and oxygen atoms in total. The van der Waals surface area contributed by atoms with Gasteiger partial charge in [0.15, 0.2) is 0 Å². The number of nitrogens with zero attached hydrogens (tertiary/aromatic N) is 1. The normalized spacial score (nSPS) is 10.2. The summed E-state index contributed by atoms with van der Waals surface area (Å²) in [6, 6.07) is 3.56. The Hall–Kier alpha value is -1.40. The summed E-state index contributed by atoms with van der Waals surface area (Å²) in [4.78, 5) is 16.5. The Bertz CT molecular complexity index is 568. The van der Waals surface area contributed by atoms with Gasteiger partial charge >= 0.3 is 0 Å². The van der Waals surface area contributed by atoms with E-state index in [9.17, 15) is 4.79 Å². The highest BCUT2D eigenvalue weighted by atomic mass is 79.9. The van der Waals surface area contributed by atoms with E-state index >= 15 is 0 Å². The van der Waals surface area contributed by atoms with Gasteiger partial charge < -0.3 is 11.1 Å². The van der Waals surface area contributed by atoms with Gasteiger partial charge in [0.25, 0.3) is 5.91 Å². The van der Waals surface area contributed by atoms with Crippen molar-refractivity contribution in [2.45, 2.75) is 6.92 Å². The molecule has 0 bridgehead atoms. The second-order valence-electron chi connectivity index (χ2n) is 3.49. The molecule has 0 saturated heterocycles. The Morgan fingerprint density at radius 1 is 1.59 bits per heavy atom. The molecule has 2 aromatic rings. The number of aromatic nitrogens is 1. The summed E-state index contributed by atoms with van der Waals surface area (Å²) < 4.78 is 0.770. The first kappa shape index (κ1) is 12.1. The fraction of sp³-hybridized carbons (Fsp3) is 0.0909. The summed E-state index contributed by atoms with van der Waals surface area (Å²) in [5.74, 6) is -0.207. The van der Waals surface area contributed by atoms with E-state index in [1.165, 1.54) is 11.3 Å². The lowest BCUT2D eigenvalue weighted by Crippen LogP contribution is -2.12. The highest BCUT2D eigenvalue weighted by molar-refractivity contribution is 9.10. The molecule has 2 aromatic heterocycles. The fourth-order valence-corrected chi connectivity index (χ4v) is 2.25. The summed E-state index contributed by atoms with van der Waals surface area (Å²) in [5, 5.41) is 4.55. The van der Waals surface area contributed by atoms with Crippen molar-refractivity contribution in [3.05, 3.63) is 38.8 Å². The number of carbonyl (C=O) groups excluding carboxylic acids is 1. The van der Waals surface area contributed by atoms with E-state index < -0.39 is 0 Å². The Morgan fingerprint density at radius 2 is 2.35 bits per heavy atom. The molecule has 88 valence electrons. The van der Waals surface area contributed by atoms with Crippen LogP contribution in [0.5, 0.6) is 0 Å². The van der Waals surface area contributed by atoms with Gasteiger partial charge in [-0.2, -0.15) is 0 Å². The van der Waals surface area contributed by atoms with Crippen molar-refractivity contribution in [3.63, 3.8) is 0 Å². The van der Waals surface area contributed by atoms with Gasteiger partial charge in [0.2, 0.25) is 0 Å². The quantitative estimate of drug-likeness (QED) is 0.838. The average Bonchev–Trinajstić information content (AvgIpc) is 2.70. The summed E-state index contributed by atoms with van der Waals surface area (Å²) in [5.41, 5.74) is 7.79. The van der Waals surface area contributed by atoms with Crippen molar-refractivity contribution in [2.75, 3.05) is 11.1 Å². The Morgan fingerprint density at radius 3 is 2.94 bits per heavy atom. The van der Waals surface area contributed by atoms with Crippen molar-refractivity contribution in [1.29, 1.82) is 0 Å². The molecule has 3 N–H and O–H groups in total. The standard InChI is InChI=1S/C11H10BrN3OS/c1-6-4-7(5-14-10(6)12)15-11(16)9-8(13)2-3-17-9/h2-5H,13H2,1H3,(H,15,16). The molecule has 0 radical (unpaired) electrons. The van der Waals surface area contributed by atoms with Gasteiger partial charge in [0.1, 0.15) is 9.48 Å². The zero-order valence-electron chi connectivity index (χ0n) is 9.03. The Kier molecular flexibility index (Phi) is 3.44. The van der Waals surface area contributed by atoms with Gasteiger partial charge in [-0.3, -0.25) is 4.79 Å². The SMILES string of the molecule is Cc1cc(NC(=O)c2sccc2N)cnc1Br. The Balaban J connectivity index is 2.19. The first-order valence-corrected chi connectivity index (χ1v) is 6.51. The fourth-order valence-electron chi connectivity index (χ4n) is 1.32. The molecular formula is C11H10BrN3OS. The number of rotatable bonds is 2. The second kappa shape index (κ2) is 4.85. The molecule has 0 atom stereocenters. The minimum atomic E-state index is -0.207. The molecular weight excluding hydrogens is 302 g/mol. The molecule has 0 aliphatic carbocycles. The van der Waals surface area contributed by atoms with Crippen LogP contribution in [0.1, 0.15) is 15.2 Å².